The highest BCUT2D eigenvalue weighted by molar-refractivity contribution is 4.64. The van der Waals surface area contributed by atoms with Crippen LogP contribution in [0.4, 0.5) is 0 Å². The zero-order valence-electron chi connectivity index (χ0n) is 11.8. The smallest absolute Gasteiger partial charge is 0.0623 e. The highest BCUT2D eigenvalue weighted by Crippen LogP contribution is 2.14. The maximum atomic E-state index is 5.79. The van der Waals surface area contributed by atoms with Gasteiger partial charge in [-0.15, -0.1) is 0 Å². The molecule has 0 aromatic carbocycles. The minimum atomic E-state index is 0.0563. The van der Waals surface area contributed by atoms with E-state index in [0.717, 1.165) is 19.6 Å². The average Bonchev–Trinajstić information content (AvgIpc) is 2.21. The molecular weight excluding hydrogens is 200 g/mol. The van der Waals surface area contributed by atoms with Gasteiger partial charge in [-0.1, -0.05) is 19.8 Å². The summed E-state index contributed by atoms with van der Waals surface area (Å²) in [4.78, 5) is 0. The lowest BCUT2D eigenvalue weighted by molar-refractivity contribution is -0.0219. The summed E-state index contributed by atoms with van der Waals surface area (Å²) in [5.41, 5.74) is 0.0563. The fourth-order valence-electron chi connectivity index (χ4n) is 1.33. The number of hydrogen-bond donors (Lipinski definition) is 0. The van der Waals surface area contributed by atoms with Gasteiger partial charge < -0.3 is 9.47 Å². The molecule has 0 aliphatic carbocycles. The Morgan fingerprint density at radius 3 is 2.00 bits per heavy atom. The van der Waals surface area contributed by atoms with Crippen molar-refractivity contribution in [3.05, 3.63) is 0 Å². The third-order valence-electron chi connectivity index (χ3n) is 2.83. The van der Waals surface area contributed by atoms with Gasteiger partial charge >= 0.3 is 0 Å². The fourth-order valence-corrected chi connectivity index (χ4v) is 1.33. The molecule has 98 valence electrons. The van der Waals surface area contributed by atoms with Crippen molar-refractivity contribution in [3.8, 4) is 0 Å². The highest BCUT2D eigenvalue weighted by Gasteiger charge is 2.14. The van der Waals surface area contributed by atoms with E-state index in [1.807, 2.05) is 0 Å². The van der Waals surface area contributed by atoms with Gasteiger partial charge in [-0.25, -0.2) is 0 Å². The van der Waals surface area contributed by atoms with E-state index in [1.165, 1.54) is 25.7 Å². The summed E-state index contributed by atoms with van der Waals surface area (Å²) in [5, 5.41) is 0. The summed E-state index contributed by atoms with van der Waals surface area (Å²) in [6.45, 7) is 12.4. The number of hydrogen-bond acceptors (Lipinski definition) is 2. The van der Waals surface area contributed by atoms with Crippen molar-refractivity contribution in [2.24, 2.45) is 0 Å². The molecule has 0 unspecified atom stereocenters. The first-order valence-electron chi connectivity index (χ1n) is 6.73. The second-order valence-corrected chi connectivity index (χ2v) is 5.30. The Kier molecular flexibility index (Phi) is 8.96. The van der Waals surface area contributed by atoms with E-state index in [1.54, 1.807) is 0 Å². The van der Waals surface area contributed by atoms with E-state index >= 15 is 0 Å². The molecule has 2 heteroatoms. The number of unbranched alkanes of at least 4 members (excludes halogenated alkanes) is 3. The second-order valence-electron chi connectivity index (χ2n) is 5.30. The molecule has 2 nitrogen and oxygen atoms in total. The average molecular weight is 230 g/mol. The Morgan fingerprint density at radius 1 is 0.938 bits per heavy atom. The van der Waals surface area contributed by atoms with Gasteiger partial charge in [-0.2, -0.15) is 0 Å². The molecular formula is C14H30O2. The number of ether oxygens (including phenoxy) is 2. The van der Waals surface area contributed by atoms with Gasteiger partial charge in [-0.3, -0.25) is 0 Å². The fraction of sp³-hybridized carbons (Fsp3) is 1.00. The van der Waals surface area contributed by atoms with Gasteiger partial charge in [0, 0.05) is 13.2 Å². The Hall–Kier alpha value is -0.0800. The van der Waals surface area contributed by atoms with Crippen molar-refractivity contribution in [2.75, 3.05) is 13.2 Å². The van der Waals surface area contributed by atoms with Gasteiger partial charge in [0.15, 0.2) is 0 Å². The Bertz CT molecular complexity index is 153. The highest BCUT2D eigenvalue weighted by atomic mass is 16.5. The van der Waals surface area contributed by atoms with Crippen LogP contribution in [0.2, 0.25) is 0 Å². The van der Waals surface area contributed by atoms with Crippen LogP contribution < -0.4 is 0 Å². The Morgan fingerprint density at radius 2 is 1.50 bits per heavy atom. The Labute approximate surface area is 102 Å². The normalized spacial score (nSPS) is 12.4. The van der Waals surface area contributed by atoms with Crippen LogP contribution in [0.5, 0.6) is 0 Å². The molecule has 0 saturated carbocycles. The van der Waals surface area contributed by atoms with Crippen molar-refractivity contribution in [1.29, 1.82) is 0 Å². The van der Waals surface area contributed by atoms with Crippen LogP contribution in [0, 0.1) is 0 Å². The molecule has 0 atom stereocenters. The zero-order chi connectivity index (χ0) is 12.4. The van der Waals surface area contributed by atoms with Crippen LogP contribution >= 0.6 is 0 Å². The number of rotatable bonds is 10. The summed E-state index contributed by atoms with van der Waals surface area (Å²) >= 11 is 0. The van der Waals surface area contributed by atoms with Crippen molar-refractivity contribution >= 4 is 0 Å². The molecule has 0 spiro atoms. The van der Waals surface area contributed by atoms with E-state index in [-0.39, 0.29) is 5.60 Å². The van der Waals surface area contributed by atoms with E-state index in [9.17, 15) is 0 Å². The molecule has 0 aromatic heterocycles. The predicted molar refractivity (Wildman–Crippen MR) is 69.9 cm³/mol. The minimum Gasteiger partial charge on any atom is -0.379 e. The van der Waals surface area contributed by atoms with Crippen LogP contribution in [0.25, 0.3) is 0 Å². The predicted octanol–water partition coefficient (Wildman–Crippen LogP) is 4.18. The maximum Gasteiger partial charge on any atom is 0.0623 e. The summed E-state index contributed by atoms with van der Waals surface area (Å²) in [5.74, 6) is 0. The van der Waals surface area contributed by atoms with Gasteiger partial charge in [0.1, 0.15) is 0 Å². The molecule has 0 radical (unpaired) electrons. The Balaban J connectivity index is 3.16. The molecule has 0 fully saturated rings. The SMILES string of the molecule is CCC(C)(C)OCCCCCCOC(C)C. The lowest BCUT2D eigenvalue weighted by atomic mass is 10.1. The van der Waals surface area contributed by atoms with Crippen molar-refractivity contribution in [1.82, 2.24) is 0 Å². The maximum absolute atomic E-state index is 5.79. The first kappa shape index (κ1) is 15.9. The zero-order valence-corrected chi connectivity index (χ0v) is 11.8. The van der Waals surface area contributed by atoms with Crippen LogP contribution in [-0.2, 0) is 9.47 Å². The van der Waals surface area contributed by atoms with Crippen molar-refractivity contribution in [3.63, 3.8) is 0 Å². The first-order valence-corrected chi connectivity index (χ1v) is 6.73. The summed E-state index contributed by atoms with van der Waals surface area (Å²) in [6.07, 6.45) is 6.30. The minimum absolute atomic E-state index is 0.0563. The lowest BCUT2D eigenvalue weighted by Crippen LogP contribution is -2.23. The third kappa shape index (κ3) is 10.4. The molecule has 0 heterocycles. The van der Waals surface area contributed by atoms with Crippen molar-refractivity contribution in [2.45, 2.75) is 78.4 Å². The summed E-state index contributed by atoms with van der Waals surface area (Å²) in [6, 6.07) is 0. The standard InChI is InChI=1S/C14H30O2/c1-6-14(4,5)16-12-10-8-7-9-11-15-13(2)3/h13H,6-12H2,1-5H3. The molecule has 0 saturated heterocycles. The van der Waals surface area contributed by atoms with E-state index in [2.05, 4.69) is 34.6 Å². The largest absolute Gasteiger partial charge is 0.379 e. The molecule has 0 N–H and O–H groups in total. The second kappa shape index (κ2) is 9.00. The molecule has 16 heavy (non-hydrogen) atoms. The van der Waals surface area contributed by atoms with E-state index < -0.39 is 0 Å². The quantitative estimate of drug-likeness (QED) is 0.524. The van der Waals surface area contributed by atoms with Gasteiger partial charge in [0.05, 0.1) is 11.7 Å². The van der Waals surface area contributed by atoms with Crippen LogP contribution in [0.3, 0.4) is 0 Å². The molecule has 0 amide bonds. The topological polar surface area (TPSA) is 18.5 Å². The van der Waals surface area contributed by atoms with E-state index in [4.69, 9.17) is 9.47 Å². The van der Waals surface area contributed by atoms with Crippen molar-refractivity contribution < 1.29 is 9.47 Å². The lowest BCUT2D eigenvalue weighted by Gasteiger charge is -2.23. The summed E-state index contributed by atoms with van der Waals surface area (Å²) in [7, 11) is 0. The molecule has 0 rings (SSSR count). The molecule has 0 aromatic rings. The van der Waals surface area contributed by atoms with Gasteiger partial charge in [-0.05, 0) is 47.0 Å². The first-order chi connectivity index (χ1) is 7.48. The monoisotopic (exact) mass is 230 g/mol. The van der Waals surface area contributed by atoms with Gasteiger partial charge in [0.2, 0.25) is 0 Å². The third-order valence-corrected chi connectivity index (χ3v) is 2.83. The molecule has 0 bridgehead atoms. The van der Waals surface area contributed by atoms with Crippen LogP contribution in [0.1, 0.15) is 66.7 Å². The van der Waals surface area contributed by atoms with Gasteiger partial charge in [0.25, 0.3) is 0 Å². The van der Waals surface area contributed by atoms with Crippen LogP contribution in [-0.4, -0.2) is 24.9 Å². The summed E-state index contributed by atoms with van der Waals surface area (Å²) < 4.78 is 11.3. The van der Waals surface area contributed by atoms with E-state index in [0.29, 0.717) is 6.10 Å². The van der Waals surface area contributed by atoms with Crippen LogP contribution in [0.15, 0.2) is 0 Å². The molecule has 0 aliphatic rings. The molecule has 0 aliphatic heterocycles.